The molecule has 0 aromatic carbocycles. The van der Waals surface area contributed by atoms with Gasteiger partial charge in [-0.25, -0.2) is 0 Å². The van der Waals surface area contributed by atoms with Crippen LogP contribution in [0.3, 0.4) is 0 Å². The number of anilines is 1. The molecule has 6 nitrogen and oxygen atoms in total. The highest BCUT2D eigenvalue weighted by atomic mass is 16.3. The monoisotopic (exact) mass is 240 g/mol. The molecule has 1 aromatic rings. The number of aryl methyl sites for hydroxylation is 2. The van der Waals surface area contributed by atoms with Gasteiger partial charge in [0.15, 0.2) is 0 Å². The molecular formula is C11H20N4O2. The Morgan fingerprint density at radius 1 is 1.65 bits per heavy atom. The molecule has 1 atom stereocenters. The first-order valence-electron chi connectivity index (χ1n) is 5.64. The third-order valence-electron chi connectivity index (χ3n) is 2.92. The molecule has 0 fully saturated rings. The number of nitrogens with zero attached hydrogens (tertiary/aromatic N) is 3. The number of likely N-dealkylation sites (N-methyl/N-ethyl adjacent to an activating group) is 1. The van der Waals surface area contributed by atoms with Crippen LogP contribution in [0.15, 0.2) is 0 Å². The van der Waals surface area contributed by atoms with Crippen molar-refractivity contribution in [3.05, 3.63) is 11.4 Å². The molecule has 0 aliphatic heterocycles. The lowest BCUT2D eigenvalue weighted by molar-refractivity contribution is 0.0671. The van der Waals surface area contributed by atoms with E-state index in [4.69, 9.17) is 10.8 Å². The number of carbonyl (C=O) groups is 1. The number of nitrogen functional groups attached to an aromatic ring is 1. The third-order valence-corrected chi connectivity index (χ3v) is 2.92. The second kappa shape index (κ2) is 5.18. The molecule has 6 heteroatoms. The van der Waals surface area contributed by atoms with Crippen molar-refractivity contribution in [3.8, 4) is 0 Å². The average Bonchev–Trinajstić information content (AvgIpc) is 2.62. The Kier molecular flexibility index (Phi) is 4.11. The van der Waals surface area contributed by atoms with E-state index in [1.807, 2.05) is 6.92 Å². The lowest BCUT2D eigenvalue weighted by atomic mass is 10.2. The molecule has 0 bridgehead atoms. The predicted octanol–water partition coefficient (Wildman–Crippen LogP) is 0.246. The first-order chi connectivity index (χ1) is 7.93. The number of rotatable bonds is 4. The van der Waals surface area contributed by atoms with E-state index in [0.29, 0.717) is 23.6 Å². The third kappa shape index (κ3) is 2.41. The van der Waals surface area contributed by atoms with Crippen LogP contribution in [-0.4, -0.2) is 45.4 Å². The molecule has 3 N–H and O–H groups in total. The molecule has 1 unspecified atom stereocenters. The maximum absolute atomic E-state index is 12.2. The van der Waals surface area contributed by atoms with Crippen LogP contribution >= 0.6 is 0 Å². The molecule has 0 spiro atoms. The largest absolute Gasteiger partial charge is 0.395 e. The summed E-state index contributed by atoms with van der Waals surface area (Å²) in [4.78, 5) is 13.7. The molecule has 0 radical (unpaired) electrons. The van der Waals surface area contributed by atoms with Crippen molar-refractivity contribution in [1.29, 1.82) is 0 Å². The Bertz CT molecular complexity index is 414. The molecular weight excluding hydrogens is 220 g/mol. The van der Waals surface area contributed by atoms with E-state index in [1.54, 1.807) is 25.6 Å². The summed E-state index contributed by atoms with van der Waals surface area (Å²) in [6.45, 7) is 5.95. The minimum atomic E-state index is -0.248. The zero-order valence-electron chi connectivity index (χ0n) is 10.8. The minimum Gasteiger partial charge on any atom is -0.395 e. The van der Waals surface area contributed by atoms with Crippen molar-refractivity contribution in [1.82, 2.24) is 14.7 Å². The van der Waals surface area contributed by atoms with Gasteiger partial charge in [0, 0.05) is 13.6 Å². The fourth-order valence-electron chi connectivity index (χ4n) is 1.54. The molecule has 0 aliphatic rings. The predicted molar refractivity (Wildman–Crippen MR) is 65.7 cm³/mol. The van der Waals surface area contributed by atoms with Gasteiger partial charge in [0.2, 0.25) is 0 Å². The van der Waals surface area contributed by atoms with Crippen molar-refractivity contribution in [2.24, 2.45) is 0 Å². The van der Waals surface area contributed by atoms with Gasteiger partial charge in [0.05, 0.1) is 24.0 Å². The SMILES string of the molecule is CCn1nc(C)c(N)c1C(=O)N(C)C(C)CO. The summed E-state index contributed by atoms with van der Waals surface area (Å²) in [7, 11) is 1.64. The smallest absolute Gasteiger partial charge is 0.274 e. The highest BCUT2D eigenvalue weighted by molar-refractivity contribution is 5.98. The highest BCUT2D eigenvalue weighted by Gasteiger charge is 2.24. The Hall–Kier alpha value is -1.56. The van der Waals surface area contributed by atoms with Gasteiger partial charge < -0.3 is 15.7 Å². The molecule has 1 rings (SSSR count). The second-order valence-electron chi connectivity index (χ2n) is 4.11. The number of carbonyl (C=O) groups excluding carboxylic acids is 1. The summed E-state index contributed by atoms with van der Waals surface area (Å²) in [6, 6.07) is -0.248. The normalized spacial score (nSPS) is 12.5. The Labute approximate surface area is 101 Å². The first-order valence-corrected chi connectivity index (χ1v) is 5.64. The molecule has 1 heterocycles. The summed E-state index contributed by atoms with van der Waals surface area (Å²) >= 11 is 0. The van der Waals surface area contributed by atoms with E-state index >= 15 is 0 Å². The molecule has 0 aliphatic carbocycles. The average molecular weight is 240 g/mol. The van der Waals surface area contributed by atoms with Crippen molar-refractivity contribution in [2.75, 3.05) is 19.4 Å². The first kappa shape index (κ1) is 13.5. The lowest BCUT2D eigenvalue weighted by Gasteiger charge is -2.23. The highest BCUT2D eigenvalue weighted by Crippen LogP contribution is 2.18. The van der Waals surface area contributed by atoms with E-state index in [1.165, 1.54) is 4.90 Å². The van der Waals surface area contributed by atoms with Crippen molar-refractivity contribution in [2.45, 2.75) is 33.4 Å². The molecule has 0 saturated heterocycles. The number of aliphatic hydroxyl groups excluding tert-OH is 1. The second-order valence-corrected chi connectivity index (χ2v) is 4.11. The van der Waals surface area contributed by atoms with Crippen molar-refractivity contribution >= 4 is 11.6 Å². The standard InChI is InChI=1S/C11H20N4O2/c1-5-15-10(9(12)8(3)13-15)11(17)14(4)7(2)6-16/h7,16H,5-6,12H2,1-4H3. The number of nitrogens with two attached hydrogens (primary N) is 1. The number of hydrogen-bond acceptors (Lipinski definition) is 4. The zero-order valence-corrected chi connectivity index (χ0v) is 10.8. The molecule has 96 valence electrons. The minimum absolute atomic E-state index is 0.0820. The van der Waals surface area contributed by atoms with Crippen LogP contribution in [0.25, 0.3) is 0 Å². The van der Waals surface area contributed by atoms with Crippen molar-refractivity contribution < 1.29 is 9.90 Å². The van der Waals surface area contributed by atoms with Gasteiger partial charge in [-0.1, -0.05) is 0 Å². The quantitative estimate of drug-likeness (QED) is 0.790. The molecule has 0 saturated carbocycles. The summed E-state index contributed by atoms with van der Waals surface area (Å²) in [5, 5.41) is 13.3. The fraction of sp³-hybridized carbons (Fsp3) is 0.636. The molecule has 1 aromatic heterocycles. The van der Waals surface area contributed by atoms with Crippen LogP contribution in [-0.2, 0) is 6.54 Å². The van der Waals surface area contributed by atoms with E-state index in [2.05, 4.69) is 5.10 Å². The fourth-order valence-corrected chi connectivity index (χ4v) is 1.54. The van der Waals surface area contributed by atoms with E-state index in [0.717, 1.165) is 0 Å². The Morgan fingerprint density at radius 3 is 2.71 bits per heavy atom. The van der Waals surface area contributed by atoms with Crippen molar-refractivity contribution in [3.63, 3.8) is 0 Å². The number of hydrogen-bond donors (Lipinski definition) is 2. The van der Waals surface area contributed by atoms with Crippen LogP contribution in [0.5, 0.6) is 0 Å². The zero-order chi connectivity index (χ0) is 13.2. The summed E-state index contributed by atoms with van der Waals surface area (Å²) in [5.41, 5.74) is 7.33. The van der Waals surface area contributed by atoms with E-state index in [9.17, 15) is 4.79 Å². The van der Waals surface area contributed by atoms with Crippen LogP contribution in [0.4, 0.5) is 5.69 Å². The molecule has 17 heavy (non-hydrogen) atoms. The van der Waals surface area contributed by atoms with Crippen LogP contribution in [0, 0.1) is 6.92 Å². The van der Waals surface area contributed by atoms with Crippen LogP contribution in [0.2, 0.25) is 0 Å². The van der Waals surface area contributed by atoms with Gasteiger partial charge in [-0.05, 0) is 20.8 Å². The van der Waals surface area contributed by atoms with E-state index in [-0.39, 0.29) is 18.6 Å². The topological polar surface area (TPSA) is 84.4 Å². The van der Waals surface area contributed by atoms with Gasteiger partial charge in [-0.15, -0.1) is 0 Å². The van der Waals surface area contributed by atoms with Crippen LogP contribution < -0.4 is 5.73 Å². The Balaban J connectivity index is 3.11. The maximum atomic E-state index is 12.2. The number of aliphatic hydroxyl groups is 1. The van der Waals surface area contributed by atoms with Gasteiger partial charge in [0.25, 0.3) is 5.91 Å². The summed E-state index contributed by atoms with van der Waals surface area (Å²) in [6.07, 6.45) is 0. The summed E-state index contributed by atoms with van der Waals surface area (Å²) in [5.74, 6) is -0.216. The maximum Gasteiger partial charge on any atom is 0.274 e. The summed E-state index contributed by atoms with van der Waals surface area (Å²) < 4.78 is 1.59. The number of aromatic nitrogens is 2. The van der Waals surface area contributed by atoms with Gasteiger partial charge in [-0.3, -0.25) is 9.48 Å². The van der Waals surface area contributed by atoms with Crippen LogP contribution in [0.1, 0.15) is 30.0 Å². The van der Waals surface area contributed by atoms with Gasteiger partial charge >= 0.3 is 0 Å². The van der Waals surface area contributed by atoms with Gasteiger partial charge in [0.1, 0.15) is 5.69 Å². The number of amides is 1. The lowest BCUT2D eigenvalue weighted by Crippen LogP contribution is -2.38. The molecule has 1 amide bonds. The Morgan fingerprint density at radius 2 is 2.24 bits per heavy atom. The van der Waals surface area contributed by atoms with Gasteiger partial charge in [-0.2, -0.15) is 5.10 Å². The van der Waals surface area contributed by atoms with E-state index < -0.39 is 0 Å².